The van der Waals surface area contributed by atoms with E-state index in [4.69, 9.17) is 4.74 Å². The van der Waals surface area contributed by atoms with Crippen molar-refractivity contribution in [3.8, 4) is 5.75 Å². The minimum absolute atomic E-state index is 0.327. The van der Waals surface area contributed by atoms with Crippen LogP contribution >= 0.6 is 0 Å². The maximum absolute atomic E-state index is 5.71. The Labute approximate surface area is 80.7 Å². The average molecular weight is 178 g/mol. The van der Waals surface area contributed by atoms with Crippen molar-refractivity contribution >= 4 is 0 Å². The van der Waals surface area contributed by atoms with Gasteiger partial charge < -0.3 is 4.74 Å². The number of aryl methyl sites for hydroxylation is 1. The molecule has 0 fully saturated rings. The molecule has 0 aliphatic carbocycles. The first kappa shape index (κ1) is 10.1. The summed E-state index contributed by atoms with van der Waals surface area (Å²) in [5, 5.41) is 0. The Morgan fingerprint density at radius 2 is 1.85 bits per heavy atom. The van der Waals surface area contributed by atoms with Crippen LogP contribution in [0.5, 0.6) is 5.75 Å². The fourth-order valence-electron chi connectivity index (χ4n) is 1.31. The summed E-state index contributed by atoms with van der Waals surface area (Å²) in [6.45, 7) is 6.37. The fraction of sp³-hybridized carbons (Fsp3) is 0.500. The van der Waals surface area contributed by atoms with Gasteiger partial charge in [0.25, 0.3) is 0 Å². The van der Waals surface area contributed by atoms with Gasteiger partial charge in [-0.15, -0.1) is 0 Å². The highest BCUT2D eigenvalue weighted by Crippen LogP contribution is 2.14. The second-order valence-corrected chi connectivity index (χ2v) is 3.53. The summed E-state index contributed by atoms with van der Waals surface area (Å²) in [4.78, 5) is 0. The lowest BCUT2D eigenvalue weighted by Gasteiger charge is -2.13. The van der Waals surface area contributed by atoms with Crippen LogP contribution in [0.2, 0.25) is 0 Å². The van der Waals surface area contributed by atoms with Gasteiger partial charge in [-0.2, -0.15) is 0 Å². The van der Waals surface area contributed by atoms with Gasteiger partial charge in [-0.25, -0.2) is 0 Å². The van der Waals surface area contributed by atoms with Gasteiger partial charge in [0.2, 0.25) is 0 Å². The average Bonchev–Trinajstić information content (AvgIpc) is 2.09. The molecule has 1 atom stereocenters. The Kier molecular flexibility index (Phi) is 3.81. The maximum atomic E-state index is 5.71. The molecule has 0 amide bonds. The molecule has 72 valence electrons. The minimum Gasteiger partial charge on any atom is -0.491 e. The predicted molar refractivity (Wildman–Crippen MR) is 56.2 cm³/mol. The first-order valence-electron chi connectivity index (χ1n) is 4.95. The highest BCUT2D eigenvalue weighted by atomic mass is 16.5. The first-order chi connectivity index (χ1) is 6.22. The minimum atomic E-state index is 0.327. The van der Waals surface area contributed by atoms with Gasteiger partial charge in [0.05, 0.1) is 6.10 Å². The van der Waals surface area contributed by atoms with E-state index in [9.17, 15) is 0 Å². The Bertz CT molecular complexity index is 238. The zero-order chi connectivity index (χ0) is 9.68. The third-order valence-corrected chi connectivity index (χ3v) is 2.05. The van der Waals surface area contributed by atoms with Crippen LogP contribution < -0.4 is 4.74 Å². The number of rotatable bonds is 4. The summed E-state index contributed by atoms with van der Waals surface area (Å²) in [6, 6.07) is 8.21. The van der Waals surface area contributed by atoms with E-state index >= 15 is 0 Å². The molecule has 0 saturated carbocycles. The van der Waals surface area contributed by atoms with Gasteiger partial charge in [0.1, 0.15) is 5.75 Å². The van der Waals surface area contributed by atoms with Crippen LogP contribution in [0.1, 0.15) is 32.3 Å². The molecule has 1 aromatic carbocycles. The molecule has 1 unspecified atom stereocenters. The van der Waals surface area contributed by atoms with Crippen LogP contribution in [0.4, 0.5) is 0 Å². The van der Waals surface area contributed by atoms with Crippen molar-refractivity contribution in [3.63, 3.8) is 0 Å². The molecule has 0 saturated heterocycles. The van der Waals surface area contributed by atoms with E-state index in [0.29, 0.717) is 6.10 Å². The van der Waals surface area contributed by atoms with Gasteiger partial charge in [-0.1, -0.05) is 31.0 Å². The lowest BCUT2D eigenvalue weighted by molar-refractivity contribution is 0.210. The van der Waals surface area contributed by atoms with E-state index in [1.165, 1.54) is 12.0 Å². The molecule has 0 aliphatic rings. The topological polar surface area (TPSA) is 9.23 Å². The van der Waals surface area contributed by atoms with Crippen molar-refractivity contribution in [1.29, 1.82) is 0 Å². The lowest BCUT2D eigenvalue weighted by atomic mass is 10.2. The summed E-state index contributed by atoms with van der Waals surface area (Å²) in [7, 11) is 0. The van der Waals surface area contributed by atoms with Crippen LogP contribution in [0.3, 0.4) is 0 Å². The van der Waals surface area contributed by atoms with Gasteiger partial charge in [-0.3, -0.25) is 0 Å². The van der Waals surface area contributed by atoms with Gasteiger partial charge in [-0.05, 0) is 32.4 Å². The second-order valence-electron chi connectivity index (χ2n) is 3.53. The van der Waals surface area contributed by atoms with Crippen molar-refractivity contribution in [2.24, 2.45) is 0 Å². The molecular weight excluding hydrogens is 160 g/mol. The number of hydrogen-bond acceptors (Lipinski definition) is 1. The highest BCUT2D eigenvalue weighted by molar-refractivity contribution is 5.26. The van der Waals surface area contributed by atoms with Crippen LogP contribution in [-0.4, -0.2) is 6.10 Å². The molecule has 0 spiro atoms. The Balaban J connectivity index is 2.49. The molecule has 1 aromatic rings. The predicted octanol–water partition coefficient (Wildman–Crippen LogP) is 3.56. The number of benzene rings is 1. The molecule has 0 bridgehead atoms. The zero-order valence-corrected chi connectivity index (χ0v) is 8.71. The molecule has 0 N–H and O–H groups in total. The Morgan fingerprint density at radius 3 is 2.38 bits per heavy atom. The summed E-state index contributed by atoms with van der Waals surface area (Å²) in [5.41, 5.74) is 1.27. The Morgan fingerprint density at radius 1 is 1.23 bits per heavy atom. The van der Waals surface area contributed by atoms with E-state index in [2.05, 4.69) is 32.9 Å². The molecule has 0 radical (unpaired) electrons. The quantitative estimate of drug-likeness (QED) is 0.685. The number of ether oxygens (including phenoxy) is 1. The highest BCUT2D eigenvalue weighted by Gasteiger charge is 2.01. The van der Waals surface area contributed by atoms with Crippen molar-refractivity contribution in [2.75, 3.05) is 0 Å². The van der Waals surface area contributed by atoms with E-state index in [1.807, 2.05) is 12.1 Å². The molecule has 13 heavy (non-hydrogen) atoms. The maximum Gasteiger partial charge on any atom is 0.119 e. The van der Waals surface area contributed by atoms with Gasteiger partial charge >= 0.3 is 0 Å². The van der Waals surface area contributed by atoms with Crippen LogP contribution in [0.25, 0.3) is 0 Å². The van der Waals surface area contributed by atoms with Gasteiger partial charge in [0, 0.05) is 0 Å². The monoisotopic (exact) mass is 178 g/mol. The standard InChI is InChI=1S/C12H18O/c1-4-5-11(3)13-12-8-6-10(2)7-9-12/h6-9,11H,4-5H2,1-3H3. The summed E-state index contributed by atoms with van der Waals surface area (Å²) in [5.74, 6) is 0.978. The van der Waals surface area contributed by atoms with Crippen molar-refractivity contribution < 1.29 is 4.74 Å². The molecule has 0 aliphatic heterocycles. The van der Waals surface area contributed by atoms with Crippen LogP contribution in [0.15, 0.2) is 24.3 Å². The molecular formula is C12H18O. The van der Waals surface area contributed by atoms with E-state index in [0.717, 1.165) is 12.2 Å². The summed E-state index contributed by atoms with van der Waals surface area (Å²) >= 11 is 0. The molecule has 1 heteroatoms. The van der Waals surface area contributed by atoms with E-state index in [-0.39, 0.29) is 0 Å². The van der Waals surface area contributed by atoms with Gasteiger partial charge in [0.15, 0.2) is 0 Å². The van der Waals surface area contributed by atoms with Crippen LogP contribution in [-0.2, 0) is 0 Å². The van der Waals surface area contributed by atoms with Crippen molar-refractivity contribution in [2.45, 2.75) is 39.7 Å². The molecule has 0 heterocycles. The Hall–Kier alpha value is -0.980. The van der Waals surface area contributed by atoms with E-state index in [1.54, 1.807) is 0 Å². The zero-order valence-electron chi connectivity index (χ0n) is 8.71. The normalized spacial score (nSPS) is 12.5. The molecule has 1 rings (SSSR count). The molecule has 0 aromatic heterocycles. The largest absolute Gasteiger partial charge is 0.491 e. The van der Waals surface area contributed by atoms with E-state index < -0.39 is 0 Å². The van der Waals surface area contributed by atoms with Crippen molar-refractivity contribution in [1.82, 2.24) is 0 Å². The second kappa shape index (κ2) is 4.90. The first-order valence-corrected chi connectivity index (χ1v) is 4.95. The summed E-state index contributed by atoms with van der Waals surface area (Å²) < 4.78 is 5.71. The van der Waals surface area contributed by atoms with Crippen molar-refractivity contribution in [3.05, 3.63) is 29.8 Å². The SMILES string of the molecule is CCCC(C)Oc1ccc(C)cc1. The third kappa shape index (κ3) is 3.49. The summed E-state index contributed by atoms with van der Waals surface area (Å²) in [6.07, 6.45) is 2.62. The number of hydrogen-bond donors (Lipinski definition) is 0. The third-order valence-electron chi connectivity index (χ3n) is 2.05. The molecule has 1 nitrogen and oxygen atoms in total. The smallest absolute Gasteiger partial charge is 0.119 e. The lowest BCUT2D eigenvalue weighted by Crippen LogP contribution is -2.10. The fourth-order valence-corrected chi connectivity index (χ4v) is 1.31. The van der Waals surface area contributed by atoms with Crippen LogP contribution in [0, 0.1) is 6.92 Å².